The molecule has 0 aromatic heterocycles. The summed E-state index contributed by atoms with van der Waals surface area (Å²) in [5.74, 6) is -0.901. The van der Waals surface area contributed by atoms with Crippen molar-refractivity contribution in [3.63, 3.8) is 0 Å². The van der Waals surface area contributed by atoms with Gasteiger partial charge in [0.25, 0.3) is 0 Å². The zero-order valence-electron chi connectivity index (χ0n) is 7.53. The SMILES string of the molecule is CC(=O)CS(=O)(=O)c1ccccc1Cl. The van der Waals surface area contributed by atoms with Crippen molar-refractivity contribution >= 4 is 27.2 Å². The summed E-state index contributed by atoms with van der Waals surface area (Å²) in [6.07, 6.45) is 0. The molecule has 3 nitrogen and oxygen atoms in total. The average Bonchev–Trinajstić information content (AvgIpc) is 2.02. The van der Waals surface area contributed by atoms with Gasteiger partial charge in [-0.3, -0.25) is 4.79 Å². The lowest BCUT2D eigenvalue weighted by Gasteiger charge is -2.03. The molecule has 0 radical (unpaired) electrons. The van der Waals surface area contributed by atoms with E-state index in [1.54, 1.807) is 12.1 Å². The first-order valence-electron chi connectivity index (χ1n) is 3.90. The molecule has 1 aromatic carbocycles. The topological polar surface area (TPSA) is 51.2 Å². The Morgan fingerprint density at radius 2 is 1.93 bits per heavy atom. The second kappa shape index (κ2) is 4.11. The van der Waals surface area contributed by atoms with Crippen LogP contribution in [0.2, 0.25) is 5.02 Å². The van der Waals surface area contributed by atoms with Crippen LogP contribution in [0.25, 0.3) is 0 Å². The van der Waals surface area contributed by atoms with E-state index in [-0.39, 0.29) is 9.92 Å². The first kappa shape index (κ1) is 11.2. The molecule has 76 valence electrons. The molecule has 1 rings (SSSR count). The minimum absolute atomic E-state index is 0.0110. The highest BCUT2D eigenvalue weighted by molar-refractivity contribution is 7.92. The normalized spacial score (nSPS) is 11.3. The van der Waals surface area contributed by atoms with E-state index in [4.69, 9.17) is 11.6 Å². The second-order valence-corrected chi connectivity index (χ2v) is 5.26. The van der Waals surface area contributed by atoms with Crippen molar-refractivity contribution in [1.29, 1.82) is 0 Å². The molecule has 14 heavy (non-hydrogen) atoms. The molecule has 5 heteroatoms. The maximum absolute atomic E-state index is 11.6. The molecule has 0 aliphatic carbocycles. The monoisotopic (exact) mass is 232 g/mol. The van der Waals surface area contributed by atoms with E-state index in [0.717, 1.165) is 0 Å². The zero-order chi connectivity index (χ0) is 10.8. The zero-order valence-corrected chi connectivity index (χ0v) is 9.10. The van der Waals surface area contributed by atoms with E-state index in [1.165, 1.54) is 19.1 Å². The van der Waals surface area contributed by atoms with Crippen molar-refractivity contribution in [3.05, 3.63) is 29.3 Å². The third-order valence-electron chi connectivity index (χ3n) is 1.56. The first-order chi connectivity index (χ1) is 6.43. The number of halogens is 1. The number of hydrogen-bond acceptors (Lipinski definition) is 3. The van der Waals surface area contributed by atoms with E-state index in [9.17, 15) is 13.2 Å². The molecule has 0 aliphatic heterocycles. The number of carbonyl (C=O) groups excluding carboxylic acids is 1. The minimum atomic E-state index is -3.57. The lowest BCUT2D eigenvalue weighted by molar-refractivity contribution is -0.114. The van der Waals surface area contributed by atoms with Crippen molar-refractivity contribution in [2.45, 2.75) is 11.8 Å². The third-order valence-corrected chi connectivity index (χ3v) is 3.82. The molecule has 0 unspecified atom stereocenters. The van der Waals surface area contributed by atoms with Gasteiger partial charge in [-0.2, -0.15) is 0 Å². The maximum Gasteiger partial charge on any atom is 0.186 e. The van der Waals surface area contributed by atoms with Crippen molar-refractivity contribution in [3.8, 4) is 0 Å². The van der Waals surface area contributed by atoms with Crippen LogP contribution in [0.1, 0.15) is 6.92 Å². The molecule has 0 bridgehead atoms. The van der Waals surface area contributed by atoms with Gasteiger partial charge in [0.05, 0.1) is 9.92 Å². The fourth-order valence-corrected chi connectivity index (χ4v) is 2.87. The van der Waals surface area contributed by atoms with E-state index >= 15 is 0 Å². The van der Waals surface area contributed by atoms with Crippen LogP contribution in [0.5, 0.6) is 0 Å². The fraction of sp³-hybridized carbons (Fsp3) is 0.222. The summed E-state index contributed by atoms with van der Waals surface area (Å²) in [7, 11) is -3.57. The molecule has 0 saturated carbocycles. The Bertz CT molecular complexity index is 451. The molecule has 0 aliphatic rings. The lowest BCUT2D eigenvalue weighted by atomic mass is 10.4. The van der Waals surface area contributed by atoms with Gasteiger partial charge in [0.1, 0.15) is 11.5 Å². The van der Waals surface area contributed by atoms with E-state index in [0.29, 0.717) is 0 Å². The number of hydrogen-bond donors (Lipinski definition) is 0. The molecule has 1 aromatic rings. The molecule has 0 N–H and O–H groups in total. The van der Waals surface area contributed by atoms with Crippen LogP contribution in [0, 0.1) is 0 Å². The largest absolute Gasteiger partial charge is 0.299 e. The predicted molar refractivity (Wildman–Crippen MR) is 54.2 cm³/mol. The number of benzene rings is 1. The van der Waals surface area contributed by atoms with Gasteiger partial charge in [0, 0.05) is 0 Å². The molecule has 0 heterocycles. The molecule has 0 atom stereocenters. The number of sulfone groups is 1. The van der Waals surface area contributed by atoms with Crippen LogP contribution in [0.4, 0.5) is 0 Å². The van der Waals surface area contributed by atoms with Gasteiger partial charge in [0.15, 0.2) is 9.84 Å². The Morgan fingerprint density at radius 3 is 2.43 bits per heavy atom. The Balaban J connectivity index is 3.17. The second-order valence-electron chi connectivity index (χ2n) is 2.89. The Hall–Kier alpha value is -0.870. The van der Waals surface area contributed by atoms with Gasteiger partial charge in [-0.1, -0.05) is 23.7 Å². The third kappa shape index (κ3) is 2.56. The number of ketones is 1. The van der Waals surface area contributed by atoms with Crippen LogP contribution in [0.15, 0.2) is 29.2 Å². The van der Waals surface area contributed by atoms with Crippen LogP contribution in [-0.2, 0) is 14.6 Å². The summed E-state index contributed by atoms with van der Waals surface area (Å²) in [6.45, 7) is 1.23. The molecule has 0 fully saturated rings. The van der Waals surface area contributed by atoms with Gasteiger partial charge in [0.2, 0.25) is 0 Å². The summed E-state index contributed by atoms with van der Waals surface area (Å²) < 4.78 is 23.1. The molecular formula is C9H9ClO3S. The highest BCUT2D eigenvalue weighted by Gasteiger charge is 2.19. The van der Waals surface area contributed by atoms with Gasteiger partial charge < -0.3 is 0 Å². The van der Waals surface area contributed by atoms with Crippen LogP contribution >= 0.6 is 11.6 Å². The summed E-state index contributed by atoms with van der Waals surface area (Å²) >= 11 is 5.70. The first-order valence-corrected chi connectivity index (χ1v) is 5.93. The molecular weight excluding hydrogens is 224 g/mol. The van der Waals surface area contributed by atoms with Crippen LogP contribution in [0.3, 0.4) is 0 Å². The van der Waals surface area contributed by atoms with Crippen molar-refractivity contribution in [2.24, 2.45) is 0 Å². The van der Waals surface area contributed by atoms with Crippen LogP contribution < -0.4 is 0 Å². The Morgan fingerprint density at radius 1 is 1.36 bits per heavy atom. The van der Waals surface area contributed by atoms with Gasteiger partial charge in [-0.25, -0.2) is 8.42 Å². The standard InChI is InChI=1S/C9H9ClO3S/c1-7(11)6-14(12,13)9-5-3-2-4-8(9)10/h2-5H,6H2,1H3. The van der Waals surface area contributed by atoms with Crippen molar-refractivity contribution < 1.29 is 13.2 Å². The summed E-state index contributed by atoms with van der Waals surface area (Å²) in [5.41, 5.74) is 0. The maximum atomic E-state index is 11.6. The fourth-order valence-electron chi connectivity index (χ4n) is 1.04. The molecule has 0 amide bonds. The Labute approximate surface area is 87.6 Å². The lowest BCUT2D eigenvalue weighted by Crippen LogP contribution is -2.13. The van der Waals surface area contributed by atoms with Crippen molar-refractivity contribution in [1.82, 2.24) is 0 Å². The van der Waals surface area contributed by atoms with E-state index in [1.807, 2.05) is 0 Å². The molecule has 0 saturated heterocycles. The van der Waals surface area contributed by atoms with E-state index < -0.39 is 21.4 Å². The number of rotatable bonds is 3. The minimum Gasteiger partial charge on any atom is -0.299 e. The predicted octanol–water partition coefficient (Wildman–Crippen LogP) is 1.70. The van der Waals surface area contributed by atoms with Gasteiger partial charge in [-0.15, -0.1) is 0 Å². The molecule has 0 spiro atoms. The highest BCUT2D eigenvalue weighted by Crippen LogP contribution is 2.21. The smallest absolute Gasteiger partial charge is 0.186 e. The highest BCUT2D eigenvalue weighted by atomic mass is 35.5. The Kier molecular flexibility index (Phi) is 3.29. The summed E-state index contributed by atoms with van der Waals surface area (Å²) in [5, 5.41) is 0.147. The van der Waals surface area contributed by atoms with Crippen LogP contribution in [-0.4, -0.2) is 20.0 Å². The average molecular weight is 233 g/mol. The number of carbonyl (C=O) groups is 1. The summed E-state index contributed by atoms with van der Waals surface area (Å²) in [4.78, 5) is 10.7. The quantitative estimate of drug-likeness (QED) is 0.797. The van der Waals surface area contributed by atoms with Crippen molar-refractivity contribution in [2.75, 3.05) is 5.75 Å². The van der Waals surface area contributed by atoms with Gasteiger partial charge in [-0.05, 0) is 19.1 Å². The van der Waals surface area contributed by atoms with E-state index in [2.05, 4.69) is 0 Å². The number of Topliss-reactive ketones (excluding diaryl/α,β-unsaturated/α-hetero) is 1. The summed E-state index contributed by atoms with van der Waals surface area (Å²) in [6, 6.07) is 6.07. The van der Waals surface area contributed by atoms with Gasteiger partial charge >= 0.3 is 0 Å².